The number of nitrogens with zero attached hydrogens (tertiary/aromatic N) is 1. The predicted octanol–water partition coefficient (Wildman–Crippen LogP) is 4.25. The number of fused-ring (bicyclic) bond motifs is 2. The molecule has 116 valence electrons. The summed E-state index contributed by atoms with van der Waals surface area (Å²) in [4.78, 5) is 2.58. The summed E-state index contributed by atoms with van der Waals surface area (Å²) in [6.07, 6.45) is 6.51. The summed E-state index contributed by atoms with van der Waals surface area (Å²) in [6, 6.07) is 7.26. The van der Waals surface area contributed by atoms with E-state index >= 15 is 0 Å². The van der Waals surface area contributed by atoms with E-state index in [-0.39, 0.29) is 11.9 Å². The third kappa shape index (κ3) is 3.33. The first kappa shape index (κ1) is 15.4. The summed E-state index contributed by atoms with van der Waals surface area (Å²) < 4.78 is 14.1. The van der Waals surface area contributed by atoms with Crippen molar-refractivity contribution < 1.29 is 4.39 Å². The van der Waals surface area contributed by atoms with Crippen molar-refractivity contribution in [2.75, 3.05) is 7.05 Å². The number of nitrogens with one attached hydrogen (secondary N) is 1. The van der Waals surface area contributed by atoms with Crippen molar-refractivity contribution in [1.82, 2.24) is 10.2 Å². The monoisotopic (exact) mass is 354 g/mol. The molecule has 2 saturated heterocycles. The lowest BCUT2D eigenvalue weighted by Gasteiger charge is -2.47. The Labute approximate surface area is 135 Å². The minimum absolute atomic E-state index is 0.188. The highest BCUT2D eigenvalue weighted by Gasteiger charge is 2.36. The number of halogens is 2. The fourth-order valence-electron chi connectivity index (χ4n) is 4.05. The molecule has 0 aliphatic carbocycles. The van der Waals surface area contributed by atoms with Crippen molar-refractivity contribution in [2.24, 2.45) is 0 Å². The summed E-state index contributed by atoms with van der Waals surface area (Å²) in [6.45, 7) is 2.17. The zero-order chi connectivity index (χ0) is 15.0. The Morgan fingerprint density at radius 1 is 1.29 bits per heavy atom. The minimum Gasteiger partial charge on any atom is -0.307 e. The highest BCUT2D eigenvalue weighted by molar-refractivity contribution is 9.10. The van der Waals surface area contributed by atoms with Gasteiger partial charge < -0.3 is 10.2 Å². The summed E-state index contributed by atoms with van der Waals surface area (Å²) in [5.41, 5.74) is 1.14. The molecule has 1 aromatic carbocycles. The van der Waals surface area contributed by atoms with Crippen LogP contribution in [0.25, 0.3) is 0 Å². The molecule has 3 unspecified atom stereocenters. The lowest BCUT2D eigenvalue weighted by atomic mass is 9.82. The summed E-state index contributed by atoms with van der Waals surface area (Å²) in [5, 5.41) is 3.77. The molecule has 3 rings (SSSR count). The number of benzene rings is 1. The Balaban J connectivity index is 1.66. The van der Waals surface area contributed by atoms with Gasteiger partial charge in [-0.3, -0.25) is 0 Å². The van der Waals surface area contributed by atoms with E-state index in [1.54, 1.807) is 12.1 Å². The van der Waals surface area contributed by atoms with E-state index < -0.39 is 0 Å². The van der Waals surface area contributed by atoms with Crippen LogP contribution in [-0.4, -0.2) is 30.1 Å². The Hall–Kier alpha value is -0.450. The molecule has 0 amide bonds. The zero-order valence-electron chi connectivity index (χ0n) is 12.8. The third-order valence-corrected chi connectivity index (χ3v) is 5.94. The summed E-state index contributed by atoms with van der Waals surface area (Å²) in [7, 11) is 2.28. The molecule has 1 N–H and O–H groups in total. The Kier molecular flexibility index (Phi) is 4.67. The van der Waals surface area contributed by atoms with E-state index in [1.807, 2.05) is 6.07 Å². The van der Waals surface area contributed by atoms with Crippen LogP contribution in [0.15, 0.2) is 22.7 Å². The highest BCUT2D eigenvalue weighted by atomic mass is 79.9. The Morgan fingerprint density at radius 3 is 2.57 bits per heavy atom. The first-order valence-electron chi connectivity index (χ1n) is 7.97. The quantitative estimate of drug-likeness (QED) is 0.872. The second-order valence-electron chi connectivity index (χ2n) is 6.63. The smallest absolute Gasteiger partial charge is 0.124 e. The van der Waals surface area contributed by atoms with Crippen molar-refractivity contribution in [1.29, 1.82) is 0 Å². The van der Waals surface area contributed by atoms with E-state index in [0.717, 1.165) is 22.1 Å². The molecule has 0 spiro atoms. The minimum atomic E-state index is -0.188. The van der Waals surface area contributed by atoms with Crippen LogP contribution < -0.4 is 5.32 Å². The molecule has 3 atom stereocenters. The maximum Gasteiger partial charge on any atom is 0.124 e. The molecule has 0 aromatic heterocycles. The predicted molar refractivity (Wildman–Crippen MR) is 87.9 cm³/mol. The summed E-state index contributed by atoms with van der Waals surface area (Å²) in [5.74, 6) is -0.188. The van der Waals surface area contributed by atoms with Crippen molar-refractivity contribution in [3.63, 3.8) is 0 Å². The van der Waals surface area contributed by atoms with E-state index in [9.17, 15) is 4.39 Å². The SMILES string of the molecule is CC(NC1CC2CCCC(C1)N2C)c1ccc(F)cc1Br. The maximum absolute atomic E-state index is 13.2. The normalized spacial score (nSPS) is 31.1. The lowest BCUT2D eigenvalue weighted by molar-refractivity contribution is 0.0462. The highest BCUT2D eigenvalue weighted by Crippen LogP contribution is 2.34. The van der Waals surface area contributed by atoms with Gasteiger partial charge in [-0.2, -0.15) is 0 Å². The maximum atomic E-state index is 13.2. The van der Waals surface area contributed by atoms with E-state index in [2.05, 4.69) is 40.1 Å². The molecule has 21 heavy (non-hydrogen) atoms. The molecule has 0 radical (unpaired) electrons. The first-order valence-corrected chi connectivity index (χ1v) is 8.77. The molecular formula is C17H24BrFN2. The largest absolute Gasteiger partial charge is 0.307 e. The van der Waals surface area contributed by atoms with Crippen molar-refractivity contribution >= 4 is 15.9 Å². The average Bonchev–Trinajstić information content (AvgIpc) is 2.39. The van der Waals surface area contributed by atoms with Crippen LogP contribution in [0.4, 0.5) is 4.39 Å². The van der Waals surface area contributed by atoms with Crippen LogP contribution >= 0.6 is 15.9 Å². The van der Waals surface area contributed by atoms with Gasteiger partial charge >= 0.3 is 0 Å². The van der Waals surface area contributed by atoms with Crippen LogP contribution in [0.1, 0.15) is 50.6 Å². The molecule has 2 aliphatic rings. The molecule has 2 fully saturated rings. The molecule has 1 aromatic rings. The third-order valence-electron chi connectivity index (χ3n) is 5.25. The van der Waals surface area contributed by atoms with Gasteiger partial charge in [-0.25, -0.2) is 4.39 Å². The molecule has 2 heterocycles. The van der Waals surface area contributed by atoms with Crippen LogP contribution in [0.2, 0.25) is 0 Å². The molecule has 0 saturated carbocycles. The van der Waals surface area contributed by atoms with Gasteiger partial charge in [0.1, 0.15) is 5.82 Å². The second kappa shape index (κ2) is 6.35. The number of hydrogen-bond acceptors (Lipinski definition) is 2. The van der Waals surface area contributed by atoms with Gasteiger partial charge in [-0.1, -0.05) is 28.4 Å². The van der Waals surface area contributed by atoms with E-state index in [0.29, 0.717) is 6.04 Å². The van der Waals surface area contributed by atoms with Gasteiger partial charge in [0.05, 0.1) is 0 Å². The fourth-order valence-corrected chi connectivity index (χ4v) is 4.74. The lowest BCUT2D eigenvalue weighted by Crippen LogP contribution is -2.54. The van der Waals surface area contributed by atoms with E-state index in [1.165, 1.54) is 32.1 Å². The van der Waals surface area contributed by atoms with Gasteiger partial charge in [0.25, 0.3) is 0 Å². The molecule has 2 nitrogen and oxygen atoms in total. The fraction of sp³-hybridized carbons (Fsp3) is 0.647. The van der Waals surface area contributed by atoms with Gasteiger partial charge in [0, 0.05) is 28.6 Å². The number of piperidine rings is 2. The molecule has 2 bridgehead atoms. The number of rotatable bonds is 3. The van der Waals surface area contributed by atoms with E-state index in [4.69, 9.17) is 0 Å². The van der Waals surface area contributed by atoms with Crippen LogP contribution in [0, 0.1) is 5.82 Å². The van der Waals surface area contributed by atoms with Crippen molar-refractivity contribution in [3.05, 3.63) is 34.1 Å². The standard InChI is InChI=1S/C17H24BrFN2/c1-11(16-7-6-12(19)8-17(16)18)20-13-9-14-4-3-5-15(10-13)21(14)2/h6-8,11,13-15,20H,3-5,9-10H2,1-2H3. The van der Waals surface area contributed by atoms with Crippen LogP contribution in [-0.2, 0) is 0 Å². The van der Waals surface area contributed by atoms with Gasteiger partial charge in [0.2, 0.25) is 0 Å². The first-order chi connectivity index (χ1) is 10.0. The van der Waals surface area contributed by atoms with Crippen molar-refractivity contribution in [3.8, 4) is 0 Å². The van der Waals surface area contributed by atoms with Gasteiger partial charge in [-0.05, 0) is 57.4 Å². The van der Waals surface area contributed by atoms with Gasteiger partial charge in [-0.15, -0.1) is 0 Å². The van der Waals surface area contributed by atoms with Crippen LogP contribution in [0.5, 0.6) is 0 Å². The topological polar surface area (TPSA) is 15.3 Å². The number of hydrogen-bond donors (Lipinski definition) is 1. The molecular weight excluding hydrogens is 331 g/mol. The zero-order valence-corrected chi connectivity index (χ0v) is 14.4. The van der Waals surface area contributed by atoms with Crippen LogP contribution in [0.3, 0.4) is 0 Å². The molecule has 2 aliphatic heterocycles. The van der Waals surface area contributed by atoms with Gasteiger partial charge in [0.15, 0.2) is 0 Å². The average molecular weight is 355 g/mol. The summed E-state index contributed by atoms with van der Waals surface area (Å²) >= 11 is 3.48. The van der Waals surface area contributed by atoms with Crippen molar-refractivity contribution in [2.45, 2.75) is 63.2 Å². The molecule has 4 heteroatoms. The Bertz CT molecular complexity index is 494. The second-order valence-corrected chi connectivity index (χ2v) is 7.48. The Morgan fingerprint density at radius 2 is 1.95 bits per heavy atom.